The minimum absolute atomic E-state index is 0.0450. The first-order valence-electron chi connectivity index (χ1n) is 5.47. The quantitative estimate of drug-likeness (QED) is 0.800. The molecule has 1 aliphatic heterocycles. The smallest absolute Gasteiger partial charge is 0.416 e. The minimum Gasteiger partial charge on any atom is -0.550 e. The lowest BCUT2D eigenvalue weighted by atomic mass is 10.1. The number of carbonyl (C=O) groups is 2. The van der Waals surface area contributed by atoms with E-state index in [1.165, 1.54) is 12.1 Å². The lowest BCUT2D eigenvalue weighted by molar-refractivity contribution is -0.310. The molecule has 1 aromatic rings. The zero-order valence-electron chi connectivity index (χ0n) is 9.61. The predicted molar refractivity (Wildman–Crippen MR) is 56.9 cm³/mol. The lowest BCUT2D eigenvalue weighted by Gasteiger charge is -2.18. The molecular weight excluding hydrogens is 263 g/mol. The molecule has 1 amide bonds. The van der Waals surface area contributed by atoms with Crippen LogP contribution < -0.4 is 10.0 Å². The predicted octanol–water partition coefficient (Wildman–Crippen LogP) is 0.808. The highest BCUT2D eigenvalue weighted by Gasteiger charge is 2.34. The molecule has 1 aliphatic rings. The molecule has 0 spiro atoms. The molecule has 0 N–H and O–H groups in total. The van der Waals surface area contributed by atoms with Crippen molar-refractivity contribution in [2.24, 2.45) is 5.92 Å². The van der Waals surface area contributed by atoms with Crippen LogP contribution in [-0.2, 0) is 15.8 Å². The van der Waals surface area contributed by atoms with Gasteiger partial charge >= 0.3 is 6.18 Å². The number of benzene rings is 1. The molecule has 1 fully saturated rings. The van der Waals surface area contributed by atoms with E-state index in [-0.39, 0.29) is 18.7 Å². The van der Waals surface area contributed by atoms with Crippen LogP contribution in [0.2, 0.25) is 0 Å². The largest absolute Gasteiger partial charge is 0.550 e. The van der Waals surface area contributed by atoms with Gasteiger partial charge in [0.2, 0.25) is 5.91 Å². The van der Waals surface area contributed by atoms with Crippen LogP contribution in [0.4, 0.5) is 18.9 Å². The van der Waals surface area contributed by atoms with E-state index in [1.807, 2.05) is 0 Å². The van der Waals surface area contributed by atoms with Gasteiger partial charge in [-0.2, -0.15) is 13.2 Å². The number of hydrogen-bond donors (Lipinski definition) is 0. The maximum absolute atomic E-state index is 12.5. The SMILES string of the molecule is O=C([O-])[C@@H]1CC(=O)N(c2cccc(C(F)(F)F)c2)C1. The monoisotopic (exact) mass is 272 g/mol. The first-order chi connectivity index (χ1) is 8.79. The number of rotatable bonds is 2. The highest BCUT2D eigenvalue weighted by molar-refractivity contribution is 5.99. The minimum atomic E-state index is -4.51. The third-order valence-corrected chi connectivity index (χ3v) is 2.94. The van der Waals surface area contributed by atoms with Gasteiger partial charge in [-0.1, -0.05) is 6.07 Å². The highest BCUT2D eigenvalue weighted by atomic mass is 19.4. The lowest BCUT2D eigenvalue weighted by Crippen LogP contribution is -2.33. The average Bonchev–Trinajstić information content (AvgIpc) is 2.71. The normalized spacial score (nSPS) is 19.8. The van der Waals surface area contributed by atoms with E-state index >= 15 is 0 Å². The molecule has 102 valence electrons. The molecule has 1 aromatic carbocycles. The zero-order chi connectivity index (χ0) is 14.2. The van der Waals surface area contributed by atoms with Crippen LogP contribution in [0.5, 0.6) is 0 Å². The van der Waals surface area contributed by atoms with E-state index < -0.39 is 29.5 Å². The second-order valence-corrected chi connectivity index (χ2v) is 4.27. The number of aliphatic carboxylic acids is 1. The molecule has 2 rings (SSSR count). The van der Waals surface area contributed by atoms with E-state index in [4.69, 9.17) is 0 Å². The van der Waals surface area contributed by atoms with Gasteiger partial charge in [0.1, 0.15) is 0 Å². The van der Waals surface area contributed by atoms with E-state index in [9.17, 15) is 27.9 Å². The van der Waals surface area contributed by atoms with Crippen molar-refractivity contribution in [1.29, 1.82) is 0 Å². The number of amides is 1. The van der Waals surface area contributed by atoms with Gasteiger partial charge in [-0.3, -0.25) is 4.79 Å². The van der Waals surface area contributed by atoms with Crippen LogP contribution in [0.25, 0.3) is 0 Å². The van der Waals surface area contributed by atoms with Crippen molar-refractivity contribution in [3.63, 3.8) is 0 Å². The molecule has 0 unspecified atom stereocenters. The van der Waals surface area contributed by atoms with Gasteiger partial charge in [0.15, 0.2) is 0 Å². The van der Waals surface area contributed by atoms with Gasteiger partial charge in [0.25, 0.3) is 0 Å². The Morgan fingerprint density at radius 3 is 2.58 bits per heavy atom. The van der Waals surface area contributed by atoms with Crippen molar-refractivity contribution in [3.8, 4) is 0 Å². The Labute approximate surface area is 106 Å². The molecule has 7 heteroatoms. The van der Waals surface area contributed by atoms with Crippen molar-refractivity contribution in [2.45, 2.75) is 12.6 Å². The molecule has 0 aliphatic carbocycles. The summed E-state index contributed by atoms with van der Waals surface area (Å²) in [5.41, 5.74) is -0.835. The fraction of sp³-hybridized carbons (Fsp3) is 0.333. The van der Waals surface area contributed by atoms with Crippen LogP contribution in [0.3, 0.4) is 0 Å². The Bertz CT molecular complexity index is 527. The molecule has 1 saturated heterocycles. The van der Waals surface area contributed by atoms with Gasteiger partial charge in [-0.15, -0.1) is 0 Å². The maximum atomic E-state index is 12.5. The third-order valence-electron chi connectivity index (χ3n) is 2.94. The van der Waals surface area contributed by atoms with Crippen molar-refractivity contribution >= 4 is 17.6 Å². The Balaban J connectivity index is 2.28. The summed E-state index contributed by atoms with van der Waals surface area (Å²) < 4.78 is 37.6. The Morgan fingerprint density at radius 2 is 2.05 bits per heavy atom. The fourth-order valence-electron chi connectivity index (χ4n) is 1.97. The molecular formula is C12H9F3NO3-. The molecule has 19 heavy (non-hydrogen) atoms. The summed E-state index contributed by atoms with van der Waals surface area (Å²) in [6.07, 6.45) is -4.76. The van der Waals surface area contributed by atoms with Gasteiger partial charge in [0, 0.05) is 30.5 Å². The number of carboxylic acid groups (broad SMARTS) is 1. The van der Waals surface area contributed by atoms with Crippen molar-refractivity contribution in [2.75, 3.05) is 11.4 Å². The molecule has 1 atom stereocenters. The van der Waals surface area contributed by atoms with Crippen LogP contribution in [0, 0.1) is 5.92 Å². The van der Waals surface area contributed by atoms with E-state index in [2.05, 4.69) is 0 Å². The summed E-state index contributed by atoms with van der Waals surface area (Å²) in [6.45, 7) is -0.164. The first kappa shape index (κ1) is 13.4. The Hall–Kier alpha value is -2.05. The summed E-state index contributed by atoms with van der Waals surface area (Å²) in [7, 11) is 0. The fourth-order valence-corrected chi connectivity index (χ4v) is 1.97. The maximum Gasteiger partial charge on any atom is 0.416 e. The van der Waals surface area contributed by atoms with Gasteiger partial charge < -0.3 is 14.8 Å². The summed E-state index contributed by atoms with van der Waals surface area (Å²) in [5, 5.41) is 10.7. The second-order valence-electron chi connectivity index (χ2n) is 4.27. The summed E-state index contributed by atoms with van der Waals surface area (Å²) in [5.74, 6) is -2.88. The molecule has 1 heterocycles. The molecule has 4 nitrogen and oxygen atoms in total. The molecule has 0 aromatic heterocycles. The summed E-state index contributed by atoms with van der Waals surface area (Å²) in [6, 6.07) is 4.23. The van der Waals surface area contributed by atoms with Crippen LogP contribution in [0.1, 0.15) is 12.0 Å². The number of anilines is 1. The van der Waals surface area contributed by atoms with Gasteiger partial charge in [-0.05, 0) is 18.2 Å². The first-order valence-corrected chi connectivity index (χ1v) is 5.47. The summed E-state index contributed by atoms with van der Waals surface area (Å²) >= 11 is 0. The molecule has 0 saturated carbocycles. The van der Waals surface area contributed by atoms with Crippen LogP contribution in [-0.4, -0.2) is 18.4 Å². The standard InChI is InChI=1S/C12H10F3NO3/c13-12(14,15)8-2-1-3-9(5-8)16-6-7(11(18)19)4-10(16)17/h1-3,5,7H,4,6H2,(H,18,19)/p-1/t7-/m1/s1. The topological polar surface area (TPSA) is 60.4 Å². The van der Waals surface area contributed by atoms with E-state index in [0.717, 1.165) is 17.0 Å². The number of nitrogens with zero attached hydrogens (tertiary/aromatic N) is 1. The van der Waals surface area contributed by atoms with E-state index in [1.54, 1.807) is 0 Å². The Kier molecular flexibility index (Phi) is 3.21. The number of hydrogen-bond acceptors (Lipinski definition) is 3. The van der Waals surface area contributed by atoms with Crippen LogP contribution in [0.15, 0.2) is 24.3 Å². The average molecular weight is 272 g/mol. The van der Waals surface area contributed by atoms with Gasteiger partial charge in [-0.25, -0.2) is 0 Å². The molecule has 0 radical (unpaired) electrons. The number of carbonyl (C=O) groups excluding carboxylic acids is 2. The Morgan fingerprint density at radius 1 is 1.37 bits per heavy atom. The highest BCUT2D eigenvalue weighted by Crippen LogP contribution is 2.33. The number of halogens is 3. The number of alkyl halides is 3. The second kappa shape index (κ2) is 4.56. The third kappa shape index (κ3) is 2.69. The summed E-state index contributed by atoms with van der Waals surface area (Å²) in [4.78, 5) is 23.3. The van der Waals surface area contributed by atoms with Crippen molar-refractivity contribution in [1.82, 2.24) is 0 Å². The van der Waals surface area contributed by atoms with Crippen LogP contribution >= 0.6 is 0 Å². The zero-order valence-corrected chi connectivity index (χ0v) is 9.61. The van der Waals surface area contributed by atoms with Crippen molar-refractivity contribution in [3.05, 3.63) is 29.8 Å². The molecule has 0 bridgehead atoms. The number of carboxylic acids is 1. The van der Waals surface area contributed by atoms with E-state index in [0.29, 0.717) is 0 Å². The van der Waals surface area contributed by atoms with Gasteiger partial charge in [0.05, 0.1) is 5.56 Å². The van der Waals surface area contributed by atoms with Crippen molar-refractivity contribution < 1.29 is 27.9 Å².